The minimum Gasteiger partial charge on any atom is -0.392 e. The van der Waals surface area contributed by atoms with E-state index in [0.717, 1.165) is 0 Å². The molecule has 1 saturated heterocycles. The highest BCUT2D eigenvalue weighted by atomic mass is 16.6. The predicted octanol–water partition coefficient (Wildman–Crippen LogP) is 2.16. The van der Waals surface area contributed by atoms with Gasteiger partial charge in [0.1, 0.15) is 0 Å². The molecule has 0 aromatic heterocycles. The maximum absolute atomic E-state index is 11.6. The van der Waals surface area contributed by atoms with Crippen molar-refractivity contribution in [3.63, 3.8) is 0 Å². The van der Waals surface area contributed by atoms with Crippen LogP contribution >= 0.6 is 0 Å². The van der Waals surface area contributed by atoms with Gasteiger partial charge in [-0.2, -0.15) is 0 Å². The quantitative estimate of drug-likeness (QED) is 0.645. The zero-order valence-electron chi connectivity index (χ0n) is 13.9. The lowest BCUT2D eigenvalue weighted by Gasteiger charge is -2.37. The molecule has 0 amide bonds. The molecular formula is C15H21N3O6. The van der Waals surface area contributed by atoms with Gasteiger partial charge in [-0.25, -0.2) is 0 Å². The van der Waals surface area contributed by atoms with Crippen LogP contribution in [0, 0.1) is 33.1 Å². The number of aliphatic hydroxyl groups excluding tert-OH is 1. The van der Waals surface area contributed by atoms with Gasteiger partial charge in [0.25, 0.3) is 5.69 Å². The van der Waals surface area contributed by atoms with Gasteiger partial charge in [-0.1, -0.05) is 6.92 Å². The number of ether oxygens (including phenoxy) is 1. The number of rotatable bonds is 5. The van der Waals surface area contributed by atoms with Gasteiger partial charge in [-0.05, 0) is 24.8 Å². The molecule has 0 saturated carbocycles. The van der Waals surface area contributed by atoms with Crippen molar-refractivity contribution in [1.29, 1.82) is 0 Å². The molecule has 132 valence electrons. The van der Waals surface area contributed by atoms with Crippen LogP contribution in [0.15, 0.2) is 6.07 Å². The van der Waals surface area contributed by atoms with Gasteiger partial charge in [0.05, 0.1) is 22.6 Å². The molecule has 0 spiro atoms. The number of hydrogen-bond donors (Lipinski definition) is 1. The summed E-state index contributed by atoms with van der Waals surface area (Å²) in [5.74, 6) is 0.266. The lowest BCUT2D eigenvalue weighted by Crippen LogP contribution is -2.44. The highest BCUT2D eigenvalue weighted by Crippen LogP contribution is 2.43. The minimum atomic E-state index is -0.638. The van der Waals surface area contributed by atoms with Crippen molar-refractivity contribution in [2.45, 2.75) is 33.0 Å². The first-order chi connectivity index (χ1) is 11.3. The second-order valence-electron chi connectivity index (χ2n) is 6.04. The van der Waals surface area contributed by atoms with Crippen LogP contribution in [-0.4, -0.2) is 41.3 Å². The summed E-state index contributed by atoms with van der Waals surface area (Å²) in [5.41, 5.74) is -0.256. The Morgan fingerprint density at radius 2 is 2.04 bits per heavy atom. The second-order valence-corrected chi connectivity index (χ2v) is 6.04. The van der Waals surface area contributed by atoms with Crippen LogP contribution in [0.1, 0.15) is 24.5 Å². The van der Waals surface area contributed by atoms with E-state index in [1.807, 2.05) is 6.92 Å². The summed E-state index contributed by atoms with van der Waals surface area (Å²) in [6, 6.07) is 1.22. The Balaban J connectivity index is 2.64. The summed E-state index contributed by atoms with van der Waals surface area (Å²) >= 11 is 0. The molecule has 2 rings (SSSR count). The highest BCUT2D eigenvalue weighted by molar-refractivity contribution is 5.79. The first kappa shape index (κ1) is 18.1. The molecule has 0 aliphatic carbocycles. The van der Waals surface area contributed by atoms with Gasteiger partial charge >= 0.3 is 5.69 Å². The number of aliphatic hydroxyl groups is 1. The summed E-state index contributed by atoms with van der Waals surface area (Å²) in [4.78, 5) is 23.5. The Morgan fingerprint density at radius 3 is 2.54 bits per heavy atom. The number of nitro benzene ring substituents is 2. The van der Waals surface area contributed by atoms with E-state index in [0.29, 0.717) is 19.5 Å². The van der Waals surface area contributed by atoms with Crippen molar-refractivity contribution < 1.29 is 19.7 Å². The average molecular weight is 339 g/mol. The molecule has 1 aliphatic heterocycles. The molecule has 1 N–H and O–H groups in total. The molecule has 1 aromatic rings. The fraction of sp³-hybridized carbons (Fsp3) is 0.600. The summed E-state index contributed by atoms with van der Waals surface area (Å²) in [6.07, 6.45) is 0.559. The molecule has 2 atom stereocenters. The maximum atomic E-state index is 11.6. The van der Waals surface area contributed by atoms with Crippen LogP contribution in [0.5, 0.6) is 0 Å². The number of benzene rings is 1. The van der Waals surface area contributed by atoms with Crippen molar-refractivity contribution in [2.24, 2.45) is 5.92 Å². The van der Waals surface area contributed by atoms with Gasteiger partial charge in [0.15, 0.2) is 5.69 Å². The fourth-order valence-electron chi connectivity index (χ4n) is 3.17. The number of anilines is 1. The van der Waals surface area contributed by atoms with Gasteiger partial charge in [0, 0.05) is 31.8 Å². The monoisotopic (exact) mass is 339 g/mol. The average Bonchev–Trinajstić information content (AvgIpc) is 2.54. The van der Waals surface area contributed by atoms with Crippen LogP contribution in [0.2, 0.25) is 0 Å². The van der Waals surface area contributed by atoms with Gasteiger partial charge in [-0.15, -0.1) is 0 Å². The van der Waals surface area contributed by atoms with Gasteiger partial charge in [-0.3, -0.25) is 20.2 Å². The smallest absolute Gasteiger partial charge is 0.302 e. The number of piperidine rings is 1. The second kappa shape index (κ2) is 7.10. The SMILES string of the molecule is COC1CN(c2c([N+](=O)[O-])cc(CO)c(C)c2[N+](=O)[O-])CCC1C. The van der Waals surface area contributed by atoms with Crippen molar-refractivity contribution in [1.82, 2.24) is 0 Å². The molecular weight excluding hydrogens is 318 g/mol. The lowest BCUT2D eigenvalue weighted by atomic mass is 9.94. The van der Waals surface area contributed by atoms with Crippen LogP contribution in [-0.2, 0) is 11.3 Å². The van der Waals surface area contributed by atoms with E-state index in [9.17, 15) is 25.3 Å². The normalized spacial score (nSPS) is 20.9. The van der Waals surface area contributed by atoms with E-state index in [4.69, 9.17) is 4.74 Å². The van der Waals surface area contributed by atoms with E-state index in [1.54, 1.807) is 12.0 Å². The van der Waals surface area contributed by atoms with E-state index >= 15 is 0 Å². The van der Waals surface area contributed by atoms with Crippen LogP contribution < -0.4 is 4.90 Å². The molecule has 2 unspecified atom stereocenters. The molecule has 1 aromatic carbocycles. The number of nitrogens with zero attached hydrogens (tertiary/aromatic N) is 3. The van der Waals surface area contributed by atoms with Crippen molar-refractivity contribution in [3.8, 4) is 0 Å². The third-order valence-electron chi connectivity index (χ3n) is 4.67. The Hall–Kier alpha value is -2.26. The van der Waals surface area contributed by atoms with E-state index in [-0.39, 0.29) is 40.2 Å². The standard InChI is InChI=1S/C15H21N3O6/c1-9-4-5-16(7-13(9)24-3)15-12(17(20)21)6-11(8-19)10(2)14(15)18(22)23/h6,9,13,19H,4-5,7-8H2,1-3H3. The zero-order chi connectivity index (χ0) is 18.0. The van der Waals surface area contributed by atoms with E-state index < -0.39 is 16.5 Å². The van der Waals surface area contributed by atoms with E-state index in [1.165, 1.54) is 13.0 Å². The summed E-state index contributed by atoms with van der Waals surface area (Å²) in [7, 11) is 1.56. The molecule has 0 radical (unpaired) electrons. The summed E-state index contributed by atoms with van der Waals surface area (Å²) < 4.78 is 5.41. The molecule has 9 heteroatoms. The highest BCUT2D eigenvalue weighted by Gasteiger charge is 2.37. The largest absolute Gasteiger partial charge is 0.392 e. The van der Waals surface area contributed by atoms with Crippen molar-refractivity contribution in [3.05, 3.63) is 37.4 Å². The third kappa shape index (κ3) is 3.17. The van der Waals surface area contributed by atoms with Crippen molar-refractivity contribution in [2.75, 3.05) is 25.1 Å². The maximum Gasteiger partial charge on any atom is 0.302 e. The first-order valence-corrected chi connectivity index (χ1v) is 7.65. The summed E-state index contributed by atoms with van der Waals surface area (Å²) in [5, 5.41) is 32.4. The Bertz CT molecular complexity index is 663. The zero-order valence-corrected chi connectivity index (χ0v) is 13.9. The van der Waals surface area contributed by atoms with Crippen molar-refractivity contribution >= 4 is 17.1 Å². The van der Waals surface area contributed by atoms with Gasteiger partial charge < -0.3 is 14.7 Å². The topological polar surface area (TPSA) is 119 Å². The lowest BCUT2D eigenvalue weighted by molar-refractivity contribution is -0.393. The molecule has 9 nitrogen and oxygen atoms in total. The van der Waals surface area contributed by atoms with Crippen LogP contribution in [0.25, 0.3) is 0 Å². The van der Waals surface area contributed by atoms with Crippen LogP contribution in [0.3, 0.4) is 0 Å². The van der Waals surface area contributed by atoms with Gasteiger partial charge in [0.2, 0.25) is 0 Å². The Labute approximate surface area is 139 Å². The third-order valence-corrected chi connectivity index (χ3v) is 4.67. The Kier molecular flexibility index (Phi) is 5.35. The fourth-order valence-corrected chi connectivity index (χ4v) is 3.17. The Morgan fingerprint density at radius 1 is 1.38 bits per heavy atom. The molecule has 1 heterocycles. The van der Waals surface area contributed by atoms with E-state index in [2.05, 4.69) is 0 Å². The minimum absolute atomic E-state index is 0.00588. The molecule has 1 aliphatic rings. The predicted molar refractivity (Wildman–Crippen MR) is 87.2 cm³/mol. The molecule has 24 heavy (non-hydrogen) atoms. The van der Waals surface area contributed by atoms with Crippen LogP contribution in [0.4, 0.5) is 17.1 Å². The molecule has 1 fully saturated rings. The number of hydrogen-bond acceptors (Lipinski definition) is 7. The first-order valence-electron chi connectivity index (χ1n) is 7.65. The molecule has 0 bridgehead atoms. The number of nitro groups is 2. The number of methoxy groups -OCH3 is 1. The summed E-state index contributed by atoms with van der Waals surface area (Å²) in [6.45, 7) is 3.84.